The second-order valence-corrected chi connectivity index (χ2v) is 6.17. The van der Waals surface area contributed by atoms with Crippen LogP contribution in [-0.4, -0.2) is 38.3 Å². The molecule has 2 N–H and O–H groups in total. The number of likely N-dealkylation sites (tertiary alicyclic amines) is 1. The van der Waals surface area contributed by atoms with E-state index >= 15 is 0 Å². The van der Waals surface area contributed by atoms with E-state index in [0.29, 0.717) is 0 Å². The van der Waals surface area contributed by atoms with Crippen molar-refractivity contribution in [3.63, 3.8) is 0 Å². The van der Waals surface area contributed by atoms with Gasteiger partial charge in [-0.3, -0.25) is 0 Å². The number of hydrogen-bond acceptors (Lipinski definition) is 4. The topological polar surface area (TPSA) is 47.7 Å². The molecule has 0 bridgehead atoms. The van der Waals surface area contributed by atoms with Crippen LogP contribution >= 0.6 is 0 Å². The summed E-state index contributed by atoms with van der Waals surface area (Å²) in [7, 11) is 3.81. The first kappa shape index (κ1) is 13.7. The van der Waals surface area contributed by atoms with E-state index in [0.717, 1.165) is 43.9 Å². The van der Waals surface area contributed by atoms with Crippen molar-refractivity contribution in [3.8, 4) is 11.5 Å². The molecule has 1 unspecified atom stereocenters. The van der Waals surface area contributed by atoms with Gasteiger partial charge in [-0.1, -0.05) is 6.07 Å². The molecule has 1 atom stereocenters. The SMILES string of the molecule is COc1ccc(C2(N)CCC2)cc1OC1CCN(C)C1. The molecule has 1 saturated carbocycles. The van der Waals surface area contributed by atoms with Crippen LogP contribution in [0.5, 0.6) is 11.5 Å². The van der Waals surface area contributed by atoms with Crippen LogP contribution in [0.1, 0.15) is 31.2 Å². The van der Waals surface area contributed by atoms with Crippen molar-refractivity contribution in [2.24, 2.45) is 5.73 Å². The van der Waals surface area contributed by atoms with E-state index in [2.05, 4.69) is 24.1 Å². The van der Waals surface area contributed by atoms with E-state index < -0.39 is 0 Å². The van der Waals surface area contributed by atoms with E-state index in [1.54, 1.807) is 7.11 Å². The maximum Gasteiger partial charge on any atom is 0.161 e. The van der Waals surface area contributed by atoms with Crippen molar-refractivity contribution >= 4 is 0 Å². The Hall–Kier alpha value is -1.26. The average Bonchev–Trinajstić information content (AvgIpc) is 2.81. The molecule has 0 spiro atoms. The summed E-state index contributed by atoms with van der Waals surface area (Å²) in [5, 5.41) is 0. The Morgan fingerprint density at radius 3 is 2.65 bits per heavy atom. The Labute approximate surface area is 120 Å². The molecular weight excluding hydrogens is 252 g/mol. The highest BCUT2D eigenvalue weighted by Gasteiger charge is 2.35. The summed E-state index contributed by atoms with van der Waals surface area (Å²) in [6, 6.07) is 6.14. The zero-order valence-corrected chi connectivity index (χ0v) is 12.4. The van der Waals surface area contributed by atoms with Gasteiger partial charge in [0.2, 0.25) is 0 Å². The minimum atomic E-state index is -0.156. The Balaban J connectivity index is 1.81. The molecule has 1 aromatic carbocycles. The Morgan fingerprint density at radius 2 is 2.10 bits per heavy atom. The molecule has 2 fully saturated rings. The van der Waals surface area contributed by atoms with E-state index in [4.69, 9.17) is 15.2 Å². The number of methoxy groups -OCH3 is 1. The van der Waals surface area contributed by atoms with Crippen LogP contribution < -0.4 is 15.2 Å². The number of likely N-dealkylation sites (N-methyl/N-ethyl adjacent to an activating group) is 1. The first-order valence-corrected chi connectivity index (χ1v) is 7.43. The minimum Gasteiger partial charge on any atom is -0.493 e. The van der Waals surface area contributed by atoms with Crippen molar-refractivity contribution in [3.05, 3.63) is 23.8 Å². The molecule has 4 nitrogen and oxygen atoms in total. The van der Waals surface area contributed by atoms with Gasteiger partial charge in [0.1, 0.15) is 6.10 Å². The second kappa shape index (κ2) is 5.26. The number of nitrogens with two attached hydrogens (primary N) is 1. The van der Waals surface area contributed by atoms with E-state index in [9.17, 15) is 0 Å². The largest absolute Gasteiger partial charge is 0.493 e. The first-order chi connectivity index (χ1) is 9.60. The van der Waals surface area contributed by atoms with Gasteiger partial charge >= 0.3 is 0 Å². The Bertz CT molecular complexity index is 485. The normalized spacial score (nSPS) is 25.2. The average molecular weight is 276 g/mol. The maximum absolute atomic E-state index is 6.41. The van der Waals surface area contributed by atoms with Crippen molar-refractivity contribution in [1.82, 2.24) is 4.90 Å². The van der Waals surface area contributed by atoms with E-state index in [-0.39, 0.29) is 11.6 Å². The van der Waals surface area contributed by atoms with E-state index in [1.165, 1.54) is 12.0 Å². The van der Waals surface area contributed by atoms with Crippen LogP contribution in [-0.2, 0) is 5.54 Å². The maximum atomic E-state index is 6.41. The van der Waals surface area contributed by atoms with Gasteiger partial charge in [-0.2, -0.15) is 0 Å². The summed E-state index contributed by atoms with van der Waals surface area (Å²) in [5.41, 5.74) is 7.43. The Kier molecular flexibility index (Phi) is 3.61. The molecule has 4 heteroatoms. The number of benzene rings is 1. The zero-order chi connectivity index (χ0) is 14.2. The van der Waals surface area contributed by atoms with Crippen LogP contribution in [0, 0.1) is 0 Å². The molecule has 0 amide bonds. The van der Waals surface area contributed by atoms with Crippen LogP contribution in [0.4, 0.5) is 0 Å². The predicted molar refractivity (Wildman–Crippen MR) is 79.2 cm³/mol. The highest BCUT2D eigenvalue weighted by molar-refractivity contribution is 5.45. The minimum absolute atomic E-state index is 0.156. The molecular formula is C16H24N2O2. The third kappa shape index (κ3) is 2.50. The number of hydrogen-bond donors (Lipinski definition) is 1. The summed E-state index contributed by atoms with van der Waals surface area (Å²) >= 11 is 0. The number of nitrogens with zero attached hydrogens (tertiary/aromatic N) is 1. The summed E-state index contributed by atoms with van der Waals surface area (Å²) < 4.78 is 11.6. The van der Waals surface area contributed by atoms with Gasteiger partial charge in [0.15, 0.2) is 11.5 Å². The van der Waals surface area contributed by atoms with Gasteiger partial charge in [0.25, 0.3) is 0 Å². The number of ether oxygens (including phenoxy) is 2. The third-order valence-corrected chi connectivity index (χ3v) is 4.63. The van der Waals surface area contributed by atoms with Gasteiger partial charge in [-0.15, -0.1) is 0 Å². The fraction of sp³-hybridized carbons (Fsp3) is 0.625. The molecule has 1 heterocycles. The smallest absolute Gasteiger partial charge is 0.161 e. The standard InChI is InChI=1S/C16H24N2O2/c1-18-9-6-13(11-18)20-15-10-12(4-5-14(15)19-2)16(17)7-3-8-16/h4-5,10,13H,3,6-9,11,17H2,1-2H3. The van der Waals surface area contributed by atoms with Crippen molar-refractivity contribution in [2.75, 3.05) is 27.2 Å². The van der Waals surface area contributed by atoms with Gasteiger partial charge < -0.3 is 20.1 Å². The molecule has 0 aromatic heterocycles. The van der Waals surface area contributed by atoms with Crippen LogP contribution in [0.15, 0.2) is 18.2 Å². The molecule has 0 radical (unpaired) electrons. The predicted octanol–water partition coefficient (Wildman–Crippen LogP) is 2.12. The van der Waals surface area contributed by atoms with Crippen molar-refractivity contribution < 1.29 is 9.47 Å². The summed E-state index contributed by atoms with van der Waals surface area (Å²) in [6.07, 6.45) is 4.65. The summed E-state index contributed by atoms with van der Waals surface area (Å²) in [4.78, 5) is 2.29. The second-order valence-electron chi connectivity index (χ2n) is 6.17. The molecule has 1 saturated heterocycles. The lowest BCUT2D eigenvalue weighted by molar-refractivity contribution is 0.197. The third-order valence-electron chi connectivity index (χ3n) is 4.63. The van der Waals surface area contributed by atoms with Crippen LogP contribution in [0.3, 0.4) is 0 Å². The molecule has 3 rings (SSSR count). The van der Waals surface area contributed by atoms with Crippen LogP contribution in [0.25, 0.3) is 0 Å². The monoisotopic (exact) mass is 276 g/mol. The fourth-order valence-electron chi connectivity index (χ4n) is 3.10. The van der Waals surface area contributed by atoms with Crippen molar-refractivity contribution in [2.45, 2.75) is 37.3 Å². The molecule has 2 aliphatic rings. The molecule has 20 heavy (non-hydrogen) atoms. The van der Waals surface area contributed by atoms with Gasteiger partial charge in [0.05, 0.1) is 7.11 Å². The molecule has 1 aliphatic heterocycles. The quantitative estimate of drug-likeness (QED) is 0.915. The first-order valence-electron chi connectivity index (χ1n) is 7.43. The Morgan fingerprint density at radius 1 is 1.30 bits per heavy atom. The molecule has 1 aromatic rings. The van der Waals surface area contributed by atoms with Crippen molar-refractivity contribution in [1.29, 1.82) is 0 Å². The summed E-state index contributed by atoms with van der Waals surface area (Å²) in [6.45, 7) is 2.06. The molecule has 1 aliphatic carbocycles. The fourth-order valence-corrected chi connectivity index (χ4v) is 3.10. The highest BCUT2D eigenvalue weighted by Crippen LogP contribution is 2.42. The lowest BCUT2D eigenvalue weighted by atomic mass is 9.73. The highest BCUT2D eigenvalue weighted by atomic mass is 16.5. The lowest BCUT2D eigenvalue weighted by Gasteiger charge is -2.39. The summed E-state index contributed by atoms with van der Waals surface area (Å²) in [5.74, 6) is 1.63. The lowest BCUT2D eigenvalue weighted by Crippen LogP contribution is -2.43. The van der Waals surface area contributed by atoms with Crippen LogP contribution in [0.2, 0.25) is 0 Å². The van der Waals surface area contributed by atoms with Gasteiger partial charge in [-0.05, 0) is 50.4 Å². The van der Waals surface area contributed by atoms with Gasteiger partial charge in [0, 0.05) is 18.6 Å². The molecule has 110 valence electrons. The van der Waals surface area contributed by atoms with Gasteiger partial charge in [-0.25, -0.2) is 0 Å². The zero-order valence-electron chi connectivity index (χ0n) is 12.4. The van der Waals surface area contributed by atoms with E-state index in [1.807, 2.05) is 6.07 Å². The number of rotatable bonds is 4.